The van der Waals surface area contributed by atoms with Crippen LogP contribution in [0.2, 0.25) is 0 Å². The number of carbonyl (C=O) groups is 2. The SMILES string of the molecule is Cc1cccc(NC(=O)N[C@@H](C(=O)N2CCc3ccccc32)C(C)C)c1. The lowest BCUT2D eigenvalue weighted by Gasteiger charge is -2.27. The molecule has 3 amide bonds. The largest absolute Gasteiger partial charge is 0.326 e. The van der Waals surface area contributed by atoms with E-state index in [1.807, 2.05) is 69.3 Å². The predicted octanol–water partition coefficient (Wildman–Crippen LogP) is 3.73. The maximum Gasteiger partial charge on any atom is 0.319 e. The van der Waals surface area contributed by atoms with Crippen LogP contribution in [0.4, 0.5) is 16.2 Å². The lowest BCUT2D eigenvalue weighted by atomic mass is 10.0. The van der Waals surface area contributed by atoms with Gasteiger partial charge in [-0.2, -0.15) is 0 Å². The zero-order chi connectivity index (χ0) is 18.7. The van der Waals surface area contributed by atoms with Gasteiger partial charge in [0.2, 0.25) is 5.91 Å². The summed E-state index contributed by atoms with van der Waals surface area (Å²) in [5, 5.41) is 5.66. The van der Waals surface area contributed by atoms with Crippen molar-refractivity contribution in [1.82, 2.24) is 5.32 Å². The van der Waals surface area contributed by atoms with Gasteiger partial charge in [0.1, 0.15) is 6.04 Å². The second-order valence-electron chi connectivity index (χ2n) is 7.06. The smallest absolute Gasteiger partial charge is 0.319 e. The van der Waals surface area contributed by atoms with Crippen molar-refractivity contribution in [3.63, 3.8) is 0 Å². The number of rotatable bonds is 4. The quantitative estimate of drug-likeness (QED) is 0.882. The van der Waals surface area contributed by atoms with Crippen molar-refractivity contribution in [2.45, 2.75) is 33.2 Å². The van der Waals surface area contributed by atoms with Crippen LogP contribution in [0.1, 0.15) is 25.0 Å². The minimum atomic E-state index is -0.578. The molecule has 3 rings (SSSR count). The van der Waals surface area contributed by atoms with Crippen molar-refractivity contribution in [3.8, 4) is 0 Å². The monoisotopic (exact) mass is 351 g/mol. The lowest BCUT2D eigenvalue weighted by molar-refractivity contribution is -0.121. The molecule has 0 saturated heterocycles. The molecule has 5 heteroatoms. The third kappa shape index (κ3) is 3.87. The molecular weight excluding hydrogens is 326 g/mol. The van der Waals surface area contributed by atoms with Crippen molar-refractivity contribution < 1.29 is 9.59 Å². The minimum Gasteiger partial charge on any atom is -0.326 e. The van der Waals surface area contributed by atoms with Gasteiger partial charge in [-0.3, -0.25) is 4.79 Å². The molecular formula is C21H25N3O2. The Morgan fingerprint density at radius 1 is 1.08 bits per heavy atom. The molecule has 136 valence electrons. The number of amides is 3. The van der Waals surface area contributed by atoms with E-state index < -0.39 is 6.04 Å². The van der Waals surface area contributed by atoms with Crippen LogP contribution in [0.3, 0.4) is 0 Å². The average molecular weight is 351 g/mol. The first-order valence-corrected chi connectivity index (χ1v) is 8.99. The Bertz CT molecular complexity index is 816. The van der Waals surface area contributed by atoms with Gasteiger partial charge in [-0.25, -0.2) is 4.79 Å². The number of nitrogens with zero attached hydrogens (tertiary/aromatic N) is 1. The number of urea groups is 1. The lowest BCUT2D eigenvalue weighted by Crippen LogP contribution is -2.52. The van der Waals surface area contributed by atoms with Crippen LogP contribution in [-0.2, 0) is 11.2 Å². The fourth-order valence-electron chi connectivity index (χ4n) is 3.28. The molecule has 5 nitrogen and oxygen atoms in total. The summed E-state index contributed by atoms with van der Waals surface area (Å²) in [6.07, 6.45) is 0.849. The van der Waals surface area contributed by atoms with Crippen LogP contribution >= 0.6 is 0 Å². The van der Waals surface area contributed by atoms with Crippen molar-refractivity contribution in [3.05, 3.63) is 59.7 Å². The van der Waals surface area contributed by atoms with Gasteiger partial charge in [-0.15, -0.1) is 0 Å². The van der Waals surface area contributed by atoms with E-state index in [1.54, 1.807) is 4.90 Å². The van der Waals surface area contributed by atoms with E-state index in [4.69, 9.17) is 0 Å². The molecule has 0 radical (unpaired) electrons. The molecule has 1 heterocycles. The Morgan fingerprint density at radius 2 is 1.85 bits per heavy atom. The zero-order valence-electron chi connectivity index (χ0n) is 15.5. The molecule has 0 saturated carbocycles. The highest BCUT2D eigenvalue weighted by Gasteiger charge is 2.32. The van der Waals surface area contributed by atoms with Gasteiger partial charge in [0.25, 0.3) is 0 Å². The molecule has 26 heavy (non-hydrogen) atoms. The number of anilines is 2. The summed E-state index contributed by atoms with van der Waals surface area (Å²) in [4.78, 5) is 27.3. The van der Waals surface area contributed by atoms with Gasteiger partial charge in [0.15, 0.2) is 0 Å². The zero-order valence-corrected chi connectivity index (χ0v) is 15.5. The molecule has 1 aliphatic rings. The van der Waals surface area contributed by atoms with Gasteiger partial charge in [-0.1, -0.05) is 44.2 Å². The first-order valence-electron chi connectivity index (χ1n) is 8.99. The number of hydrogen-bond donors (Lipinski definition) is 2. The van der Waals surface area contributed by atoms with E-state index >= 15 is 0 Å². The first-order chi connectivity index (χ1) is 12.5. The van der Waals surface area contributed by atoms with Gasteiger partial charge in [-0.05, 0) is 48.6 Å². The molecule has 0 unspecified atom stereocenters. The number of fused-ring (bicyclic) bond motifs is 1. The summed E-state index contributed by atoms with van der Waals surface area (Å²) >= 11 is 0. The van der Waals surface area contributed by atoms with E-state index in [-0.39, 0.29) is 17.9 Å². The highest BCUT2D eigenvalue weighted by Crippen LogP contribution is 2.28. The fourth-order valence-corrected chi connectivity index (χ4v) is 3.28. The molecule has 0 bridgehead atoms. The standard InChI is InChI=1S/C21H25N3O2/c1-14(2)19(23-21(26)22-17-9-6-7-15(3)13-17)20(25)24-12-11-16-8-4-5-10-18(16)24/h4-10,13-14,19H,11-12H2,1-3H3,(H2,22,23,26)/t19-/m1/s1. The summed E-state index contributed by atoms with van der Waals surface area (Å²) in [7, 11) is 0. The van der Waals surface area contributed by atoms with Crippen molar-refractivity contribution in [2.75, 3.05) is 16.8 Å². The summed E-state index contributed by atoms with van der Waals surface area (Å²) in [5.74, 6) is -0.0807. The van der Waals surface area contributed by atoms with E-state index in [0.717, 1.165) is 17.7 Å². The van der Waals surface area contributed by atoms with Gasteiger partial charge < -0.3 is 15.5 Å². The average Bonchev–Trinajstić information content (AvgIpc) is 3.03. The number of aryl methyl sites for hydroxylation is 1. The van der Waals surface area contributed by atoms with E-state index in [9.17, 15) is 9.59 Å². The molecule has 0 fully saturated rings. The van der Waals surface area contributed by atoms with E-state index in [1.165, 1.54) is 5.56 Å². The van der Waals surface area contributed by atoms with Crippen LogP contribution in [0.5, 0.6) is 0 Å². The van der Waals surface area contributed by atoms with Crippen LogP contribution in [-0.4, -0.2) is 24.5 Å². The predicted molar refractivity (Wildman–Crippen MR) is 104 cm³/mol. The van der Waals surface area contributed by atoms with Gasteiger partial charge in [0.05, 0.1) is 0 Å². The summed E-state index contributed by atoms with van der Waals surface area (Å²) < 4.78 is 0. The van der Waals surface area contributed by atoms with Gasteiger partial charge >= 0.3 is 6.03 Å². The second kappa shape index (κ2) is 7.60. The van der Waals surface area contributed by atoms with Crippen LogP contribution in [0.15, 0.2) is 48.5 Å². The van der Waals surface area contributed by atoms with E-state index in [2.05, 4.69) is 10.6 Å². The Kier molecular flexibility index (Phi) is 5.26. The van der Waals surface area contributed by atoms with Crippen molar-refractivity contribution in [2.24, 2.45) is 5.92 Å². The van der Waals surface area contributed by atoms with Gasteiger partial charge in [0, 0.05) is 17.9 Å². The Hall–Kier alpha value is -2.82. The molecule has 2 aromatic rings. The highest BCUT2D eigenvalue weighted by molar-refractivity contribution is 6.02. The number of para-hydroxylation sites is 1. The Balaban J connectivity index is 1.71. The normalized spacial score (nSPS) is 14.1. The van der Waals surface area contributed by atoms with E-state index in [0.29, 0.717) is 12.2 Å². The number of benzene rings is 2. The fraction of sp³-hybridized carbons (Fsp3) is 0.333. The Labute approximate surface area is 154 Å². The third-order valence-electron chi connectivity index (χ3n) is 4.65. The molecule has 1 atom stereocenters. The topological polar surface area (TPSA) is 61.4 Å². The summed E-state index contributed by atoms with van der Waals surface area (Å²) in [5.41, 5.74) is 3.90. The van der Waals surface area contributed by atoms with Crippen LogP contribution in [0, 0.1) is 12.8 Å². The molecule has 0 aliphatic carbocycles. The van der Waals surface area contributed by atoms with Crippen molar-refractivity contribution in [1.29, 1.82) is 0 Å². The minimum absolute atomic E-state index is 0.0153. The Morgan fingerprint density at radius 3 is 2.58 bits per heavy atom. The molecule has 0 spiro atoms. The molecule has 0 aromatic heterocycles. The summed E-state index contributed by atoms with van der Waals surface area (Å²) in [6.45, 7) is 6.51. The second-order valence-corrected chi connectivity index (χ2v) is 7.06. The molecule has 2 aromatic carbocycles. The summed E-state index contributed by atoms with van der Waals surface area (Å²) in [6, 6.07) is 14.6. The molecule has 2 N–H and O–H groups in total. The third-order valence-corrected chi connectivity index (χ3v) is 4.65. The van der Waals surface area contributed by atoms with Crippen LogP contribution in [0.25, 0.3) is 0 Å². The maximum absolute atomic E-state index is 13.1. The number of hydrogen-bond acceptors (Lipinski definition) is 2. The highest BCUT2D eigenvalue weighted by atomic mass is 16.2. The van der Waals surface area contributed by atoms with Crippen molar-refractivity contribution >= 4 is 23.3 Å². The molecule has 1 aliphatic heterocycles. The maximum atomic E-state index is 13.1. The number of nitrogens with one attached hydrogen (secondary N) is 2. The van der Waals surface area contributed by atoms with Crippen LogP contribution < -0.4 is 15.5 Å². The number of carbonyl (C=O) groups excluding carboxylic acids is 2. The first kappa shape index (κ1) is 18.0.